The Morgan fingerprint density at radius 2 is 2.12 bits per heavy atom. The van der Waals surface area contributed by atoms with Crippen LogP contribution in [0.3, 0.4) is 0 Å². The first-order valence-electron chi connectivity index (χ1n) is 8.99. The lowest BCUT2D eigenvalue weighted by Gasteiger charge is -2.16. The van der Waals surface area contributed by atoms with Crippen molar-refractivity contribution in [3.63, 3.8) is 0 Å². The maximum Gasteiger partial charge on any atom is 0.220 e. The molecule has 0 saturated heterocycles. The van der Waals surface area contributed by atoms with Gasteiger partial charge in [-0.25, -0.2) is 0 Å². The Bertz CT molecular complexity index is 684. The van der Waals surface area contributed by atoms with Crippen molar-refractivity contribution in [2.75, 3.05) is 7.11 Å². The molecule has 134 valence electrons. The third kappa shape index (κ3) is 4.89. The number of nitrogens with zero attached hydrogens (tertiary/aromatic N) is 3. The Morgan fingerprint density at radius 3 is 2.92 bits per heavy atom. The summed E-state index contributed by atoms with van der Waals surface area (Å²) in [6.45, 7) is 1.31. The standard InChI is InChI=1S/C19H26N4O2/c1-25-14-18-22-21-17-11-10-16(12-13-23(17)18)20-19(24)9-5-8-15-6-3-2-4-7-15/h2-4,6-7,16H,5,8-14H2,1H3,(H,20,24). The highest BCUT2D eigenvalue weighted by molar-refractivity contribution is 5.76. The smallest absolute Gasteiger partial charge is 0.220 e. The molecule has 1 N–H and O–H groups in total. The zero-order chi connectivity index (χ0) is 17.5. The van der Waals surface area contributed by atoms with Crippen LogP contribution in [0.2, 0.25) is 0 Å². The lowest BCUT2D eigenvalue weighted by Crippen LogP contribution is -2.35. The van der Waals surface area contributed by atoms with Gasteiger partial charge in [-0.15, -0.1) is 10.2 Å². The van der Waals surface area contributed by atoms with E-state index in [9.17, 15) is 4.79 Å². The van der Waals surface area contributed by atoms with E-state index in [1.807, 2.05) is 18.2 Å². The van der Waals surface area contributed by atoms with E-state index < -0.39 is 0 Å². The van der Waals surface area contributed by atoms with E-state index in [1.54, 1.807) is 7.11 Å². The summed E-state index contributed by atoms with van der Waals surface area (Å²) in [4.78, 5) is 12.2. The Hall–Kier alpha value is -2.21. The SMILES string of the molecule is COCc1nnc2n1CCC(NC(=O)CCCc1ccccc1)CC2. The monoisotopic (exact) mass is 342 g/mol. The van der Waals surface area contributed by atoms with Gasteiger partial charge in [-0.3, -0.25) is 4.79 Å². The fraction of sp³-hybridized carbons (Fsp3) is 0.526. The van der Waals surface area contributed by atoms with Gasteiger partial charge >= 0.3 is 0 Å². The Balaban J connectivity index is 1.43. The number of aryl methyl sites for hydroxylation is 2. The van der Waals surface area contributed by atoms with Crippen molar-refractivity contribution in [3.05, 3.63) is 47.5 Å². The summed E-state index contributed by atoms with van der Waals surface area (Å²) in [7, 11) is 1.66. The summed E-state index contributed by atoms with van der Waals surface area (Å²) in [5.74, 6) is 2.01. The predicted octanol–water partition coefficient (Wildman–Crippen LogP) is 2.27. The molecule has 1 aliphatic heterocycles. The van der Waals surface area contributed by atoms with Crippen LogP contribution in [0.5, 0.6) is 0 Å². The molecular formula is C19H26N4O2. The van der Waals surface area contributed by atoms with Gasteiger partial charge in [0.25, 0.3) is 0 Å². The first kappa shape index (κ1) is 17.6. The van der Waals surface area contributed by atoms with Gasteiger partial charge < -0.3 is 14.6 Å². The zero-order valence-electron chi connectivity index (χ0n) is 14.8. The van der Waals surface area contributed by atoms with Crippen LogP contribution >= 0.6 is 0 Å². The summed E-state index contributed by atoms with van der Waals surface area (Å²) in [6.07, 6.45) is 5.06. The van der Waals surface area contributed by atoms with Crippen LogP contribution in [0.4, 0.5) is 0 Å². The maximum atomic E-state index is 12.2. The van der Waals surface area contributed by atoms with Gasteiger partial charge in [0, 0.05) is 32.5 Å². The molecule has 6 nitrogen and oxygen atoms in total. The number of carbonyl (C=O) groups is 1. The highest BCUT2D eigenvalue weighted by Crippen LogP contribution is 2.16. The molecule has 1 amide bonds. The van der Waals surface area contributed by atoms with E-state index in [2.05, 4.69) is 32.2 Å². The molecule has 0 saturated carbocycles. The first-order chi connectivity index (χ1) is 12.3. The van der Waals surface area contributed by atoms with Crippen molar-refractivity contribution in [1.82, 2.24) is 20.1 Å². The number of benzene rings is 1. The molecule has 0 spiro atoms. The van der Waals surface area contributed by atoms with E-state index in [-0.39, 0.29) is 11.9 Å². The summed E-state index contributed by atoms with van der Waals surface area (Å²) >= 11 is 0. The van der Waals surface area contributed by atoms with Crippen molar-refractivity contribution in [3.8, 4) is 0 Å². The molecule has 1 atom stereocenters. The molecule has 2 aromatic rings. The van der Waals surface area contributed by atoms with Gasteiger partial charge in [-0.05, 0) is 31.2 Å². The molecule has 1 aromatic heterocycles. The first-order valence-corrected chi connectivity index (χ1v) is 8.99. The quantitative estimate of drug-likeness (QED) is 0.838. The van der Waals surface area contributed by atoms with Gasteiger partial charge in [0.15, 0.2) is 5.82 Å². The third-order valence-electron chi connectivity index (χ3n) is 4.67. The number of carbonyl (C=O) groups excluding carboxylic acids is 1. The normalized spacial score (nSPS) is 16.9. The fourth-order valence-corrected chi connectivity index (χ4v) is 3.33. The van der Waals surface area contributed by atoms with E-state index in [4.69, 9.17) is 4.74 Å². The Kier molecular flexibility index (Phi) is 6.17. The van der Waals surface area contributed by atoms with Crippen LogP contribution in [0, 0.1) is 0 Å². The fourth-order valence-electron chi connectivity index (χ4n) is 3.33. The number of ether oxygens (including phenoxy) is 1. The van der Waals surface area contributed by atoms with Crippen LogP contribution in [0.15, 0.2) is 30.3 Å². The molecule has 25 heavy (non-hydrogen) atoms. The topological polar surface area (TPSA) is 69.0 Å². The number of hydrogen-bond donors (Lipinski definition) is 1. The van der Waals surface area contributed by atoms with Crippen molar-refractivity contribution in [2.45, 2.75) is 57.7 Å². The van der Waals surface area contributed by atoms with E-state index in [1.165, 1.54) is 5.56 Å². The number of fused-ring (bicyclic) bond motifs is 1. The van der Waals surface area contributed by atoms with Gasteiger partial charge in [0.2, 0.25) is 5.91 Å². The molecule has 1 unspecified atom stereocenters. The minimum atomic E-state index is 0.149. The van der Waals surface area contributed by atoms with E-state index >= 15 is 0 Å². The molecule has 3 rings (SSSR count). The molecule has 0 fully saturated rings. The molecule has 0 aliphatic carbocycles. The number of hydrogen-bond acceptors (Lipinski definition) is 4. The minimum Gasteiger partial charge on any atom is -0.377 e. The van der Waals surface area contributed by atoms with Gasteiger partial charge in [-0.2, -0.15) is 0 Å². The number of methoxy groups -OCH3 is 1. The Morgan fingerprint density at radius 1 is 1.28 bits per heavy atom. The molecule has 0 radical (unpaired) electrons. The van der Waals surface area contributed by atoms with Crippen molar-refractivity contribution < 1.29 is 9.53 Å². The molecular weight excluding hydrogens is 316 g/mol. The number of aromatic nitrogens is 3. The second-order valence-corrected chi connectivity index (χ2v) is 6.55. The van der Waals surface area contributed by atoms with Crippen LogP contribution < -0.4 is 5.32 Å². The third-order valence-corrected chi connectivity index (χ3v) is 4.67. The summed E-state index contributed by atoms with van der Waals surface area (Å²) in [6, 6.07) is 10.5. The van der Waals surface area contributed by atoms with Crippen molar-refractivity contribution in [2.24, 2.45) is 0 Å². The second-order valence-electron chi connectivity index (χ2n) is 6.55. The van der Waals surface area contributed by atoms with Gasteiger partial charge in [0.05, 0.1) is 0 Å². The van der Waals surface area contributed by atoms with E-state index in [0.29, 0.717) is 13.0 Å². The van der Waals surface area contributed by atoms with Gasteiger partial charge in [0.1, 0.15) is 12.4 Å². The summed E-state index contributed by atoms with van der Waals surface area (Å²) < 4.78 is 7.30. The molecule has 1 aliphatic rings. The number of nitrogens with one attached hydrogen (secondary N) is 1. The van der Waals surface area contributed by atoms with Gasteiger partial charge in [-0.1, -0.05) is 30.3 Å². The lowest BCUT2D eigenvalue weighted by atomic mass is 10.1. The van der Waals surface area contributed by atoms with Crippen LogP contribution in [0.1, 0.15) is 42.9 Å². The van der Waals surface area contributed by atoms with Crippen LogP contribution in [-0.4, -0.2) is 33.8 Å². The summed E-state index contributed by atoms with van der Waals surface area (Å²) in [5, 5.41) is 11.6. The highest BCUT2D eigenvalue weighted by Gasteiger charge is 2.21. The summed E-state index contributed by atoms with van der Waals surface area (Å²) in [5.41, 5.74) is 1.29. The minimum absolute atomic E-state index is 0.149. The molecule has 0 bridgehead atoms. The number of amides is 1. The predicted molar refractivity (Wildman–Crippen MR) is 95.0 cm³/mol. The number of rotatable bonds is 7. The zero-order valence-corrected chi connectivity index (χ0v) is 14.8. The van der Waals surface area contributed by atoms with E-state index in [0.717, 1.165) is 50.3 Å². The van der Waals surface area contributed by atoms with Crippen molar-refractivity contribution in [1.29, 1.82) is 0 Å². The van der Waals surface area contributed by atoms with Crippen molar-refractivity contribution >= 4 is 5.91 Å². The van der Waals surface area contributed by atoms with Crippen LogP contribution in [0.25, 0.3) is 0 Å². The Labute approximate surface area is 148 Å². The average molecular weight is 342 g/mol. The molecule has 6 heteroatoms. The van der Waals surface area contributed by atoms with Crippen LogP contribution in [-0.2, 0) is 35.5 Å². The highest BCUT2D eigenvalue weighted by atomic mass is 16.5. The molecule has 2 heterocycles. The second kappa shape index (κ2) is 8.76. The lowest BCUT2D eigenvalue weighted by molar-refractivity contribution is -0.122. The largest absolute Gasteiger partial charge is 0.377 e. The average Bonchev–Trinajstić information content (AvgIpc) is 2.89. The molecule has 1 aromatic carbocycles. The maximum absolute atomic E-state index is 12.2.